The van der Waals surface area contributed by atoms with Crippen molar-refractivity contribution in [3.05, 3.63) is 36.4 Å². The Morgan fingerprint density at radius 1 is 1.12 bits per heavy atom. The lowest BCUT2D eigenvalue weighted by atomic mass is 10.00. The maximum Gasteiger partial charge on any atom is 0.323 e. The second-order valence-electron chi connectivity index (χ2n) is 8.41. The predicted octanol–water partition coefficient (Wildman–Crippen LogP) is 2.72. The van der Waals surface area contributed by atoms with Crippen molar-refractivity contribution >= 4 is 38.9 Å². The standard InChI is InChI=1S/C22H28N4O5S/c1-13(2)31-22(28)25-12-14(3)26(15(4)27)19-9-7-17(11-21(19)25)16-6-8-18-20(10-16)24(5)32(29,30)23-18/h6-11,13-14,22-23,28H,12H2,1-5H3/t14-,22?/m0/s1. The van der Waals surface area contributed by atoms with Gasteiger partial charge in [0.05, 0.1) is 34.9 Å². The van der Waals surface area contributed by atoms with Crippen LogP contribution in [0.3, 0.4) is 0 Å². The fourth-order valence-electron chi connectivity index (χ4n) is 4.24. The highest BCUT2D eigenvalue weighted by atomic mass is 32.2. The highest BCUT2D eigenvalue weighted by Gasteiger charge is 2.35. The number of fused-ring (bicyclic) bond motifs is 2. The van der Waals surface area contributed by atoms with E-state index in [9.17, 15) is 18.3 Å². The molecule has 0 aliphatic carbocycles. The monoisotopic (exact) mass is 460 g/mol. The number of nitrogens with one attached hydrogen (secondary N) is 1. The number of nitrogens with zero attached hydrogens (tertiary/aromatic N) is 3. The van der Waals surface area contributed by atoms with Gasteiger partial charge >= 0.3 is 10.2 Å². The molecule has 2 aromatic rings. The molecule has 2 aliphatic heterocycles. The summed E-state index contributed by atoms with van der Waals surface area (Å²) >= 11 is 0. The maximum atomic E-state index is 12.4. The molecule has 0 spiro atoms. The van der Waals surface area contributed by atoms with Crippen molar-refractivity contribution in [1.29, 1.82) is 0 Å². The van der Waals surface area contributed by atoms with Crippen LogP contribution in [0.1, 0.15) is 27.7 Å². The molecule has 0 saturated heterocycles. The van der Waals surface area contributed by atoms with Gasteiger partial charge in [0.15, 0.2) is 0 Å². The summed E-state index contributed by atoms with van der Waals surface area (Å²) in [7, 11) is -2.07. The van der Waals surface area contributed by atoms with Crippen molar-refractivity contribution in [3.8, 4) is 11.1 Å². The van der Waals surface area contributed by atoms with Crippen LogP contribution in [0.2, 0.25) is 0 Å². The molecule has 0 aromatic heterocycles. The van der Waals surface area contributed by atoms with Crippen LogP contribution in [0.4, 0.5) is 22.7 Å². The van der Waals surface area contributed by atoms with E-state index in [1.54, 1.807) is 21.9 Å². The third-order valence-electron chi connectivity index (χ3n) is 5.72. The summed E-state index contributed by atoms with van der Waals surface area (Å²) in [5.41, 5.74) is 4.07. The van der Waals surface area contributed by atoms with Gasteiger partial charge in [0.25, 0.3) is 0 Å². The molecule has 10 heteroatoms. The van der Waals surface area contributed by atoms with Crippen LogP contribution < -0.4 is 18.8 Å². The highest BCUT2D eigenvalue weighted by Crippen LogP contribution is 2.42. The molecule has 32 heavy (non-hydrogen) atoms. The lowest BCUT2D eigenvalue weighted by molar-refractivity contribution is -0.127. The van der Waals surface area contributed by atoms with Crippen molar-refractivity contribution in [2.75, 3.05) is 32.4 Å². The summed E-state index contributed by atoms with van der Waals surface area (Å²) < 4.78 is 33.6. The average Bonchev–Trinajstić information content (AvgIpc) is 2.94. The van der Waals surface area contributed by atoms with Gasteiger partial charge in [-0.05, 0) is 56.2 Å². The quantitative estimate of drug-likeness (QED) is 0.681. The Morgan fingerprint density at radius 2 is 1.75 bits per heavy atom. The minimum Gasteiger partial charge on any atom is -0.351 e. The number of carbonyl (C=O) groups excluding carboxylic acids is 1. The van der Waals surface area contributed by atoms with Crippen LogP contribution in [0.15, 0.2) is 36.4 Å². The molecule has 1 amide bonds. The van der Waals surface area contributed by atoms with E-state index in [1.165, 1.54) is 18.3 Å². The molecular weight excluding hydrogens is 432 g/mol. The van der Waals surface area contributed by atoms with Gasteiger partial charge in [-0.3, -0.25) is 13.8 Å². The first-order valence-corrected chi connectivity index (χ1v) is 11.9. The maximum absolute atomic E-state index is 12.4. The van der Waals surface area contributed by atoms with E-state index in [2.05, 4.69) is 4.72 Å². The molecule has 0 radical (unpaired) electrons. The first kappa shape index (κ1) is 22.4. The van der Waals surface area contributed by atoms with Gasteiger partial charge in [0, 0.05) is 20.5 Å². The van der Waals surface area contributed by atoms with E-state index in [4.69, 9.17) is 4.74 Å². The first-order valence-electron chi connectivity index (χ1n) is 10.4. The fourth-order valence-corrected chi connectivity index (χ4v) is 5.24. The van der Waals surface area contributed by atoms with E-state index < -0.39 is 16.6 Å². The number of ether oxygens (including phenoxy) is 1. The summed E-state index contributed by atoms with van der Waals surface area (Å²) in [6.07, 6.45) is -1.35. The topological polar surface area (TPSA) is 102 Å². The molecule has 172 valence electrons. The predicted molar refractivity (Wildman–Crippen MR) is 125 cm³/mol. The van der Waals surface area contributed by atoms with Crippen molar-refractivity contribution in [2.24, 2.45) is 0 Å². The molecule has 2 N–H and O–H groups in total. The summed E-state index contributed by atoms with van der Waals surface area (Å²) in [4.78, 5) is 15.8. The molecule has 2 aromatic carbocycles. The SMILES string of the molecule is CC(=O)N1c2ccc(-c3ccc4c(c3)N(C)S(=O)(=O)N4)cc2N(C(O)OC(C)C)C[C@@H]1C. The Kier molecular flexibility index (Phi) is 5.56. The minimum absolute atomic E-state index is 0.0825. The Hall–Kier alpha value is -2.82. The number of aliphatic hydroxyl groups is 1. The van der Waals surface area contributed by atoms with E-state index in [-0.39, 0.29) is 18.1 Å². The van der Waals surface area contributed by atoms with E-state index in [0.29, 0.717) is 29.3 Å². The lowest BCUT2D eigenvalue weighted by Gasteiger charge is -2.43. The number of hydrogen-bond donors (Lipinski definition) is 2. The number of rotatable bonds is 4. The van der Waals surface area contributed by atoms with Gasteiger partial charge in [-0.1, -0.05) is 12.1 Å². The third kappa shape index (κ3) is 3.78. The molecule has 1 unspecified atom stereocenters. The number of carbonyl (C=O) groups is 1. The molecule has 2 heterocycles. The summed E-state index contributed by atoms with van der Waals surface area (Å²) in [5.74, 6) is -0.0825. The second kappa shape index (κ2) is 7.95. The van der Waals surface area contributed by atoms with Crippen LogP contribution >= 0.6 is 0 Å². The molecule has 9 nitrogen and oxygen atoms in total. The van der Waals surface area contributed by atoms with Gasteiger partial charge in [-0.2, -0.15) is 8.42 Å². The van der Waals surface area contributed by atoms with Crippen molar-refractivity contribution < 1.29 is 23.1 Å². The van der Waals surface area contributed by atoms with Crippen molar-refractivity contribution in [3.63, 3.8) is 0 Å². The van der Waals surface area contributed by atoms with Gasteiger partial charge < -0.3 is 19.6 Å². The van der Waals surface area contributed by atoms with Crippen molar-refractivity contribution in [2.45, 2.75) is 46.3 Å². The molecule has 0 fully saturated rings. The highest BCUT2D eigenvalue weighted by molar-refractivity contribution is 7.94. The van der Waals surface area contributed by atoms with Crippen molar-refractivity contribution in [1.82, 2.24) is 0 Å². The van der Waals surface area contributed by atoms with Gasteiger partial charge in [0.2, 0.25) is 12.3 Å². The van der Waals surface area contributed by atoms with Crippen LogP contribution in [0.25, 0.3) is 11.1 Å². The fraction of sp³-hybridized carbons (Fsp3) is 0.409. The average molecular weight is 461 g/mol. The smallest absolute Gasteiger partial charge is 0.323 e. The second-order valence-corrected chi connectivity index (χ2v) is 10.1. The number of aliphatic hydroxyl groups excluding tert-OH is 1. The first-order chi connectivity index (χ1) is 15.0. The third-order valence-corrected chi connectivity index (χ3v) is 7.11. The van der Waals surface area contributed by atoms with E-state index >= 15 is 0 Å². The number of hydrogen-bond acceptors (Lipinski definition) is 6. The molecular formula is C22H28N4O5S. The van der Waals surface area contributed by atoms with Gasteiger partial charge in [-0.25, -0.2) is 0 Å². The Labute approximate surface area is 188 Å². The number of anilines is 4. The van der Waals surface area contributed by atoms with Crippen LogP contribution in [-0.2, 0) is 19.7 Å². The van der Waals surface area contributed by atoms with E-state index in [0.717, 1.165) is 11.1 Å². The van der Waals surface area contributed by atoms with Gasteiger partial charge in [-0.15, -0.1) is 0 Å². The normalized spacial score (nSPS) is 20.1. The van der Waals surface area contributed by atoms with Gasteiger partial charge in [0.1, 0.15) is 0 Å². The zero-order valence-electron chi connectivity index (χ0n) is 18.7. The Bertz CT molecular complexity index is 1170. The zero-order chi connectivity index (χ0) is 23.4. The molecule has 0 bridgehead atoms. The minimum atomic E-state index is -3.57. The largest absolute Gasteiger partial charge is 0.351 e. The van der Waals surface area contributed by atoms with Crippen LogP contribution in [0.5, 0.6) is 0 Å². The number of benzene rings is 2. The van der Waals surface area contributed by atoms with Crippen LogP contribution in [-0.4, -0.2) is 51.6 Å². The summed E-state index contributed by atoms with van der Waals surface area (Å²) in [6, 6.07) is 10.8. The molecule has 4 rings (SSSR count). The molecule has 2 atom stereocenters. The summed E-state index contributed by atoms with van der Waals surface area (Å²) in [6.45, 7) is 7.54. The van der Waals surface area contributed by atoms with Crippen LogP contribution in [0, 0.1) is 0 Å². The molecule has 0 saturated carbocycles. The Balaban J connectivity index is 1.80. The molecule has 2 aliphatic rings. The van der Waals surface area contributed by atoms with E-state index in [1.807, 2.05) is 45.0 Å². The Morgan fingerprint density at radius 3 is 2.38 bits per heavy atom. The zero-order valence-corrected chi connectivity index (χ0v) is 19.5. The summed E-state index contributed by atoms with van der Waals surface area (Å²) in [5, 5.41) is 10.7. The lowest BCUT2D eigenvalue weighted by Crippen LogP contribution is -2.53. The number of amides is 1.